The van der Waals surface area contributed by atoms with E-state index < -0.39 is 0 Å². The molecular weight excluding hydrogens is 339 g/mol. The number of hydrogen-bond donors (Lipinski definition) is 0. The Kier molecular flexibility index (Phi) is 6.40. The summed E-state index contributed by atoms with van der Waals surface area (Å²) in [6.45, 7) is 8.07. The van der Waals surface area contributed by atoms with Crippen molar-refractivity contribution in [2.24, 2.45) is 0 Å². The van der Waals surface area contributed by atoms with E-state index >= 15 is 0 Å². The summed E-state index contributed by atoms with van der Waals surface area (Å²) in [4.78, 5) is 16.6. The summed E-state index contributed by atoms with van der Waals surface area (Å²) in [6.07, 6.45) is 3.54. The van der Waals surface area contributed by atoms with Crippen molar-refractivity contribution in [1.29, 1.82) is 0 Å². The molecule has 2 aromatic carbocycles. The van der Waals surface area contributed by atoms with Gasteiger partial charge in [0.2, 0.25) is 5.91 Å². The third kappa shape index (κ3) is 5.51. The number of carbonyl (C=O) groups is 1. The molecule has 1 aliphatic rings. The van der Waals surface area contributed by atoms with Gasteiger partial charge in [-0.15, -0.1) is 0 Å². The second-order valence-electron chi connectivity index (χ2n) is 7.39. The molecule has 1 saturated heterocycles. The van der Waals surface area contributed by atoms with E-state index in [1.807, 2.05) is 17.0 Å². The first-order chi connectivity index (χ1) is 13.0. The van der Waals surface area contributed by atoms with Gasteiger partial charge in [-0.05, 0) is 40.8 Å². The number of benzene rings is 2. The molecule has 0 N–H and O–H groups in total. The molecule has 0 saturated carbocycles. The highest BCUT2D eigenvalue weighted by Gasteiger charge is 2.19. The maximum atomic E-state index is 13.3. The zero-order valence-corrected chi connectivity index (χ0v) is 16.1. The van der Waals surface area contributed by atoms with Gasteiger partial charge < -0.3 is 4.90 Å². The van der Waals surface area contributed by atoms with Crippen LogP contribution in [0.4, 0.5) is 4.39 Å². The van der Waals surface area contributed by atoms with Gasteiger partial charge in [0.05, 0.1) is 0 Å². The van der Waals surface area contributed by atoms with Crippen LogP contribution in [0.15, 0.2) is 54.6 Å². The molecule has 3 rings (SSSR count). The Bertz CT molecular complexity index is 790. The third-order valence-corrected chi connectivity index (χ3v) is 5.00. The van der Waals surface area contributed by atoms with Gasteiger partial charge in [-0.3, -0.25) is 9.69 Å². The average molecular weight is 366 g/mol. The molecule has 0 spiro atoms. The average Bonchev–Trinajstić information content (AvgIpc) is 2.67. The van der Waals surface area contributed by atoms with E-state index in [4.69, 9.17) is 0 Å². The molecule has 0 aromatic heterocycles. The number of halogens is 1. The van der Waals surface area contributed by atoms with Crippen LogP contribution < -0.4 is 0 Å². The van der Waals surface area contributed by atoms with Crippen LogP contribution >= 0.6 is 0 Å². The van der Waals surface area contributed by atoms with Gasteiger partial charge in [-0.1, -0.05) is 50.2 Å². The monoisotopic (exact) mass is 366 g/mol. The molecule has 3 nitrogen and oxygen atoms in total. The fraction of sp³-hybridized carbons (Fsp3) is 0.348. The molecule has 1 amide bonds. The predicted octanol–water partition coefficient (Wildman–Crippen LogP) is 4.31. The Morgan fingerprint density at radius 3 is 2.41 bits per heavy atom. The minimum absolute atomic E-state index is 0.0494. The van der Waals surface area contributed by atoms with E-state index in [9.17, 15) is 9.18 Å². The van der Waals surface area contributed by atoms with E-state index in [2.05, 4.69) is 43.0 Å². The van der Waals surface area contributed by atoms with Crippen molar-refractivity contribution >= 4 is 12.0 Å². The summed E-state index contributed by atoms with van der Waals surface area (Å²) in [7, 11) is 0. The van der Waals surface area contributed by atoms with E-state index in [0.29, 0.717) is 19.0 Å². The van der Waals surface area contributed by atoms with Gasteiger partial charge in [-0.2, -0.15) is 0 Å². The molecule has 0 atom stereocenters. The predicted molar refractivity (Wildman–Crippen MR) is 108 cm³/mol. The summed E-state index contributed by atoms with van der Waals surface area (Å²) < 4.78 is 13.3. The van der Waals surface area contributed by atoms with Crippen LogP contribution in [-0.4, -0.2) is 41.9 Å². The van der Waals surface area contributed by atoms with Crippen LogP contribution in [0, 0.1) is 5.82 Å². The van der Waals surface area contributed by atoms with Gasteiger partial charge in [0, 0.05) is 38.8 Å². The minimum Gasteiger partial charge on any atom is -0.337 e. The maximum absolute atomic E-state index is 13.3. The largest absolute Gasteiger partial charge is 0.337 e. The zero-order chi connectivity index (χ0) is 19.2. The molecule has 142 valence electrons. The number of nitrogens with zero attached hydrogens (tertiary/aromatic N) is 2. The van der Waals surface area contributed by atoms with E-state index in [1.54, 1.807) is 18.2 Å². The summed E-state index contributed by atoms with van der Waals surface area (Å²) in [5.74, 6) is 0.356. The maximum Gasteiger partial charge on any atom is 0.246 e. The Balaban J connectivity index is 1.49. The fourth-order valence-electron chi connectivity index (χ4n) is 3.28. The molecule has 1 aliphatic heterocycles. The molecule has 0 unspecified atom stereocenters. The van der Waals surface area contributed by atoms with Crippen LogP contribution in [0.3, 0.4) is 0 Å². The molecule has 0 bridgehead atoms. The van der Waals surface area contributed by atoms with Crippen molar-refractivity contribution in [3.05, 3.63) is 77.1 Å². The summed E-state index contributed by atoms with van der Waals surface area (Å²) in [5.41, 5.74) is 3.31. The first kappa shape index (κ1) is 19.3. The molecule has 4 heteroatoms. The van der Waals surface area contributed by atoms with Gasteiger partial charge in [0.15, 0.2) is 0 Å². The summed E-state index contributed by atoms with van der Waals surface area (Å²) >= 11 is 0. The van der Waals surface area contributed by atoms with Crippen molar-refractivity contribution in [2.45, 2.75) is 26.3 Å². The highest BCUT2D eigenvalue weighted by molar-refractivity contribution is 5.91. The number of rotatable bonds is 5. The Labute approximate surface area is 161 Å². The molecule has 0 radical (unpaired) electrons. The number of piperazine rings is 1. The lowest BCUT2D eigenvalue weighted by molar-refractivity contribution is -0.127. The van der Waals surface area contributed by atoms with Crippen molar-refractivity contribution in [3.8, 4) is 0 Å². The molecular formula is C23H27FN2O. The fourth-order valence-corrected chi connectivity index (χ4v) is 3.28. The quantitative estimate of drug-likeness (QED) is 0.737. The van der Waals surface area contributed by atoms with Crippen LogP contribution in [-0.2, 0) is 11.3 Å². The highest BCUT2D eigenvalue weighted by Crippen LogP contribution is 2.16. The first-order valence-corrected chi connectivity index (χ1v) is 9.55. The number of hydrogen-bond acceptors (Lipinski definition) is 2. The Morgan fingerprint density at radius 1 is 1.07 bits per heavy atom. The van der Waals surface area contributed by atoms with Crippen LogP contribution in [0.5, 0.6) is 0 Å². The second kappa shape index (κ2) is 8.96. The minimum atomic E-state index is -0.201. The lowest BCUT2D eigenvalue weighted by Crippen LogP contribution is -2.47. The lowest BCUT2D eigenvalue weighted by Gasteiger charge is -2.34. The van der Waals surface area contributed by atoms with Gasteiger partial charge in [0.25, 0.3) is 0 Å². The lowest BCUT2D eigenvalue weighted by atomic mass is 10.0. The topological polar surface area (TPSA) is 23.6 Å². The van der Waals surface area contributed by atoms with Crippen LogP contribution in [0.25, 0.3) is 6.08 Å². The van der Waals surface area contributed by atoms with Crippen LogP contribution in [0.2, 0.25) is 0 Å². The van der Waals surface area contributed by atoms with E-state index in [0.717, 1.165) is 30.8 Å². The van der Waals surface area contributed by atoms with Crippen molar-refractivity contribution in [3.63, 3.8) is 0 Å². The molecule has 27 heavy (non-hydrogen) atoms. The third-order valence-electron chi connectivity index (χ3n) is 5.00. The standard InChI is InChI=1S/C23H27FN2O/c1-18(2)21-9-6-19(7-10-21)8-11-23(27)26-14-12-25(13-15-26)17-20-4-3-5-22(24)16-20/h3-11,16,18H,12-15,17H2,1-2H3/b11-8+. The molecule has 1 heterocycles. The van der Waals surface area contributed by atoms with E-state index in [1.165, 1.54) is 11.6 Å². The molecule has 0 aliphatic carbocycles. The van der Waals surface area contributed by atoms with Crippen LogP contribution in [0.1, 0.15) is 36.5 Å². The summed E-state index contributed by atoms with van der Waals surface area (Å²) in [6, 6.07) is 15.0. The number of carbonyl (C=O) groups excluding carboxylic acids is 1. The van der Waals surface area contributed by atoms with E-state index in [-0.39, 0.29) is 11.7 Å². The van der Waals surface area contributed by atoms with Crippen molar-refractivity contribution in [1.82, 2.24) is 9.80 Å². The van der Waals surface area contributed by atoms with Gasteiger partial charge >= 0.3 is 0 Å². The van der Waals surface area contributed by atoms with Crippen molar-refractivity contribution in [2.75, 3.05) is 26.2 Å². The normalized spacial score (nSPS) is 15.6. The Morgan fingerprint density at radius 2 is 1.78 bits per heavy atom. The first-order valence-electron chi connectivity index (χ1n) is 9.55. The Hall–Kier alpha value is -2.46. The number of amides is 1. The van der Waals surface area contributed by atoms with Crippen molar-refractivity contribution < 1.29 is 9.18 Å². The van der Waals surface area contributed by atoms with Gasteiger partial charge in [0.1, 0.15) is 5.82 Å². The molecule has 2 aromatic rings. The highest BCUT2D eigenvalue weighted by atomic mass is 19.1. The summed E-state index contributed by atoms with van der Waals surface area (Å²) in [5, 5.41) is 0. The zero-order valence-electron chi connectivity index (χ0n) is 16.1. The smallest absolute Gasteiger partial charge is 0.246 e. The van der Waals surface area contributed by atoms with Gasteiger partial charge in [-0.25, -0.2) is 4.39 Å². The molecule has 1 fully saturated rings. The second-order valence-corrected chi connectivity index (χ2v) is 7.39. The SMILES string of the molecule is CC(C)c1ccc(/C=C/C(=O)N2CCN(Cc3cccc(F)c3)CC2)cc1.